The fourth-order valence-electron chi connectivity index (χ4n) is 2.60. The Morgan fingerprint density at radius 2 is 1.71 bits per heavy atom. The molecule has 0 amide bonds. The molecule has 0 heterocycles. The van der Waals surface area contributed by atoms with Crippen LogP contribution in [0.1, 0.15) is 29.7 Å². The van der Waals surface area contributed by atoms with Crippen LogP contribution in [-0.4, -0.2) is 20.8 Å². The van der Waals surface area contributed by atoms with Gasteiger partial charge in [-0.1, -0.05) is 37.3 Å². The first-order chi connectivity index (χ1) is 10.2. The van der Waals surface area contributed by atoms with E-state index in [1.165, 1.54) is 5.56 Å². The minimum absolute atomic E-state index is 0.107. The second-order valence-corrected chi connectivity index (χ2v) is 4.96. The van der Waals surface area contributed by atoms with Gasteiger partial charge in [-0.2, -0.15) is 0 Å². The third-order valence-corrected chi connectivity index (χ3v) is 3.61. The maximum atomic E-state index is 5.50. The summed E-state index contributed by atoms with van der Waals surface area (Å²) < 4.78 is 10.8. The van der Waals surface area contributed by atoms with E-state index in [-0.39, 0.29) is 6.04 Å². The van der Waals surface area contributed by atoms with Crippen molar-refractivity contribution in [3.8, 4) is 11.5 Å². The van der Waals surface area contributed by atoms with Gasteiger partial charge < -0.3 is 14.8 Å². The number of hydrogen-bond acceptors (Lipinski definition) is 3. The summed E-state index contributed by atoms with van der Waals surface area (Å²) in [5, 5.41) is 3.53. The Balaban J connectivity index is 2.45. The number of benzene rings is 2. The van der Waals surface area contributed by atoms with Crippen LogP contribution < -0.4 is 14.8 Å². The summed E-state index contributed by atoms with van der Waals surface area (Å²) >= 11 is 0. The van der Waals surface area contributed by atoms with E-state index in [1.807, 2.05) is 24.3 Å². The Morgan fingerprint density at radius 3 is 2.33 bits per heavy atom. The lowest BCUT2D eigenvalue weighted by Crippen LogP contribution is -2.22. The molecule has 0 aliphatic heterocycles. The third kappa shape index (κ3) is 3.37. The molecule has 0 fully saturated rings. The summed E-state index contributed by atoms with van der Waals surface area (Å²) in [5.74, 6) is 1.81. The number of aryl methyl sites for hydroxylation is 1. The molecule has 0 saturated heterocycles. The van der Waals surface area contributed by atoms with Crippen molar-refractivity contribution in [1.29, 1.82) is 0 Å². The van der Waals surface area contributed by atoms with E-state index in [0.29, 0.717) is 0 Å². The van der Waals surface area contributed by atoms with Gasteiger partial charge in [0.2, 0.25) is 0 Å². The molecule has 3 heteroatoms. The van der Waals surface area contributed by atoms with Gasteiger partial charge in [0, 0.05) is 5.56 Å². The summed E-state index contributed by atoms with van der Waals surface area (Å²) in [4.78, 5) is 0. The van der Waals surface area contributed by atoms with Crippen molar-refractivity contribution in [2.45, 2.75) is 19.9 Å². The van der Waals surface area contributed by atoms with Crippen molar-refractivity contribution in [3.63, 3.8) is 0 Å². The molecule has 21 heavy (non-hydrogen) atoms. The lowest BCUT2D eigenvalue weighted by atomic mass is 9.96. The molecule has 3 nitrogen and oxygen atoms in total. The van der Waals surface area contributed by atoms with Crippen LogP contribution in [0.5, 0.6) is 11.5 Å². The first-order valence-corrected chi connectivity index (χ1v) is 7.22. The number of nitrogens with one attached hydrogen (secondary N) is 1. The molecule has 2 aromatic rings. The lowest BCUT2D eigenvalue weighted by Gasteiger charge is -2.22. The van der Waals surface area contributed by atoms with Crippen molar-refractivity contribution in [3.05, 3.63) is 59.2 Å². The van der Waals surface area contributed by atoms with Crippen LogP contribution in [0.4, 0.5) is 0 Å². The molecule has 0 aromatic heterocycles. The van der Waals surface area contributed by atoms with Gasteiger partial charge in [-0.25, -0.2) is 0 Å². The monoisotopic (exact) mass is 285 g/mol. The second kappa shape index (κ2) is 7.14. The normalized spacial score (nSPS) is 12.0. The molecule has 1 atom stereocenters. The van der Waals surface area contributed by atoms with Gasteiger partial charge in [0.25, 0.3) is 0 Å². The Hall–Kier alpha value is -2.00. The lowest BCUT2D eigenvalue weighted by molar-refractivity contribution is 0.404. The first-order valence-electron chi connectivity index (χ1n) is 7.22. The first kappa shape index (κ1) is 15.4. The molecule has 0 spiro atoms. The Labute approximate surface area is 126 Å². The summed E-state index contributed by atoms with van der Waals surface area (Å²) in [6, 6.07) is 14.5. The van der Waals surface area contributed by atoms with E-state index >= 15 is 0 Å². The SMILES string of the molecule is CCNC(c1ccc(OC)c(C)c1)c1ccccc1OC. The summed E-state index contributed by atoms with van der Waals surface area (Å²) in [7, 11) is 3.41. The highest BCUT2D eigenvalue weighted by atomic mass is 16.5. The van der Waals surface area contributed by atoms with Crippen molar-refractivity contribution in [2.75, 3.05) is 20.8 Å². The minimum atomic E-state index is 0.107. The predicted octanol–water partition coefficient (Wildman–Crippen LogP) is 3.71. The smallest absolute Gasteiger partial charge is 0.123 e. The van der Waals surface area contributed by atoms with Crippen molar-refractivity contribution < 1.29 is 9.47 Å². The van der Waals surface area contributed by atoms with Crippen LogP contribution in [0.15, 0.2) is 42.5 Å². The van der Waals surface area contributed by atoms with Crippen LogP contribution in [0.2, 0.25) is 0 Å². The van der Waals surface area contributed by atoms with Crippen LogP contribution in [-0.2, 0) is 0 Å². The standard InChI is InChI=1S/C18H23NO2/c1-5-19-18(15-8-6-7-9-17(15)21-4)14-10-11-16(20-3)13(2)12-14/h6-12,18-19H,5H2,1-4H3. The van der Waals surface area contributed by atoms with Crippen LogP contribution >= 0.6 is 0 Å². The Kier molecular flexibility index (Phi) is 5.23. The summed E-state index contributed by atoms with van der Waals surface area (Å²) in [5.41, 5.74) is 3.49. The van der Waals surface area contributed by atoms with Gasteiger partial charge in [-0.05, 0) is 36.7 Å². The average Bonchev–Trinajstić information content (AvgIpc) is 2.52. The number of methoxy groups -OCH3 is 2. The van der Waals surface area contributed by atoms with Crippen LogP contribution in [0, 0.1) is 6.92 Å². The van der Waals surface area contributed by atoms with Crippen LogP contribution in [0.25, 0.3) is 0 Å². The zero-order chi connectivity index (χ0) is 15.2. The average molecular weight is 285 g/mol. The number of rotatable bonds is 6. The molecule has 2 rings (SSSR count). The van der Waals surface area contributed by atoms with Gasteiger partial charge >= 0.3 is 0 Å². The fourth-order valence-corrected chi connectivity index (χ4v) is 2.60. The third-order valence-electron chi connectivity index (χ3n) is 3.61. The number of para-hydroxylation sites is 1. The molecule has 2 aromatic carbocycles. The molecule has 0 radical (unpaired) electrons. The summed E-state index contributed by atoms with van der Waals surface area (Å²) in [6.07, 6.45) is 0. The Bertz CT molecular complexity index is 596. The number of hydrogen-bond donors (Lipinski definition) is 1. The van der Waals surface area contributed by atoms with E-state index in [1.54, 1.807) is 14.2 Å². The van der Waals surface area contributed by atoms with Crippen molar-refractivity contribution >= 4 is 0 Å². The van der Waals surface area contributed by atoms with E-state index in [2.05, 4.69) is 37.4 Å². The molecule has 0 saturated carbocycles. The van der Waals surface area contributed by atoms with Crippen molar-refractivity contribution in [2.24, 2.45) is 0 Å². The molecular weight excluding hydrogens is 262 g/mol. The van der Waals surface area contributed by atoms with Gasteiger partial charge in [-0.15, -0.1) is 0 Å². The highest BCUT2D eigenvalue weighted by Gasteiger charge is 2.17. The maximum absolute atomic E-state index is 5.50. The van der Waals surface area contributed by atoms with Gasteiger partial charge in [0.1, 0.15) is 11.5 Å². The predicted molar refractivity (Wildman–Crippen MR) is 86.2 cm³/mol. The maximum Gasteiger partial charge on any atom is 0.123 e. The van der Waals surface area contributed by atoms with Gasteiger partial charge in [0.15, 0.2) is 0 Å². The highest BCUT2D eigenvalue weighted by molar-refractivity contribution is 5.45. The Morgan fingerprint density at radius 1 is 1.00 bits per heavy atom. The zero-order valence-corrected chi connectivity index (χ0v) is 13.1. The molecule has 1 unspecified atom stereocenters. The molecular formula is C18H23NO2. The van der Waals surface area contributed by atoms with E-state index in [0.717, 1.165) is 29.2 Å². The quantitative estimate of drug-likeness (QED) is 0.877. The number of ether oxygens (including phenoxy) is 2. The van der Waals surface area contributed by atoms with E-state index in [4.69, 9.17) is 9.47 Å². The highest BCUT2D eigenvalue weighted by Crippen LogP contribution is 2.31. The molecule has 0 bridgehead atoms. The largest absolute Gasteiger partial charge is 0.496 e. The summed E-state index contributed by atoms with van der Waals surface area (Å²) in [6.45, 7) is 5.06. The van der Waals surface area contributed by atoms with Gasteiger partial charge in [-0.3, -0.25) is 0 Å². The van der Waals surface area contributed by atoms with E-state index in [9.17, 15) is 0 Å². The second-order valence-electron chi connectivity index (χ2n) is 4.96. The van der Waals surface area contributed by atoms with Crippen molar-refractivity contribution in [1.82, 2.24) is 5.32 Å². The molecule has 0 aliphatic rings. The minimum Gasteiger partial charge on any atom is -0.496 e. The zero-order valence-electron chi connectivity index (χ0n) is 13.1. The van der Waals surface area contributed by atoms with E-state index < -0.39 is 0 Å². The fraction of sp³-hybridized carbons (Fsp3) is 0.333. The van der Waals surface area contributed by atoms with Crippen LogP contribution in [0.3, 0.4) is 0 Å². The molecule has 112 valence electrons. The van der Waals surface area contributed by atoms with Gasteiger partial charge in [0.05, 0.1) is 20.3 Å². The molecule has 1 N–H and O–H groups in total. The molecule has 0 aliphatic carbocycles. The topological polar surface area (TPSA) is 30.5 Å².